The van der Waals surface area contributed by atoms with Gasteiger partial charge in [-0.3, -0.25) is 4.79 Å². The highest BCUT2D eigenvalue weighted by atomic mass is 32.2. The van der Waals surface area contributed by atoms with E-state index in [9.17, 15) is 13.2 Å². The van der Waals surface area contributed by atoms with Gasteiger partial charge in [0.2, 0.25) is 15.9 Å². The van der Waals surface area contributed by atoms with Crippen molar-refractivity contribution in [2.24, 2.45) is 0 Å². The van der Waals surface area contributed by atoms with Crippen molar-refractivity contribution in [3.05, 3.63) is 60.1 Å². The van der Waals surface area contributed by atoms with Crippen LogP contribution in [0.4, 0.5) is 0 Å². The summed E-state index contributed by atoms with van der Waals surface area (Å²) in [7, 11) is -3.25. The molecule has 1 N–H and O–H groups in total. The third-order valence-corrected chi connectivity index (χ3v) is 7.29. The van der Waals surface area contributed by atoms with E-state index >= 15 is 0 Å². The fourth-order valence-electron chi connectivity index (χ4n) is 3.68. The summed E-state index contributed by atoms with van der Waals surface area (Å²) in [5.41, 5.74) is 0.171. The van der Waals surface area contributed by atoms with E-state index < -0.39 is 15.4 Å². The van der Waals surface area contributed by atoms with Crippen molar-refractivity contribution in [1.29, 1.82) is 0 Å². The summed E-state index contributed by atoms with van der Waals surface area (Å²) in [6.45, 7) is 4.21. The highest BCUT2D eigenvalue weighted by Crippen LogP contribution is 2.37. The first-order valence-electron chi connectivity index (χ1n) is 9.27. The molecule has 2 aromatic rings. The minimum absolute atomic E-state index is 0.0764. The van der Waals surface area contributed by atoms with Crippen LogP contribution in [0.3, 0.4) is 0 Å². The molecule has 1 fully saturated rings. The Morgan fingerprint density at radius 2 is 1.85 bits per heavy atom. The normalized spacial score (nSPS) is 18.7. The number of sulfonamides is 1. The highest BCUT2D eigenvalue weighted by molar-refractivity contribution is 7.89. The molecule has 1 aromatic heterocycles. The second-order valence-corrected chi connectivity index (χ2v) is 9.22. The van der Waals surface area contributed by atoms with E-state index in [4.69, 9.17) is 4.42 Å². The van der Waals surface area contributed by atoms with Crippen LogP contribution in [0.1, 0.15) is 44.1 Å². The zero-order valence-electron chi connectivity index (χ0n) is 15.7. The maximum Gasteiger partial charge on any atom is 0.231 e. The molecule has 1 aliphatic rings. The molecule has 0 bridgehead atoms. The number of amides is 1. The maximum atomic E-state index is 13.3. The molecule has 1 amide bonds. The van der Waals surface area contributed by atoms with Crippen molar-refractivity contribution in [2.75, 3.05) is 18.8 Å². The first kappa shape index (κ1) is 19.6. The lowest BCUT2D eigenvalue weighted by Crippen LogP contribution is -2.53. The van der Waals surface area contributed by atoms with Crippen LogP contribution in [0.5, 0.6) is 0 Å². The zero-order chi connectivity index (χ0) is 19.5. The van der Waals surface area contributed by atoms with Gasteiger partial charge in [-0.25, -0.2) is 12.7 Å². The third kappa shape index (κ3) is 3.94. The number of hydrogen-bond donors (Lipinski definition) is 1. The van der Waals surface area contributed by atoms with Crippen LogP contribution in [0.15, 0.2) is 53.1 Å². The van der Waals surface area contributed by atoms with Crippen LogP contribution in [-0.2, 0) is 20.2 Å². The summed E-state index contributed by atoms with van der Waals surface area (Å²) in [6.07, 6.45) is 2.49. The summed E-state index contributed by atoms with van der Waals surface area (Å²) in [6, 6.07) is 13.0. The van der Waals surface area contributed by atoms with Crippen LogP contribution in [-0.4, -0.2) is 37.5 Å². The summed E-state index contributed by atoms with van der Waals surface area (Å²) in [5, 5.41) is 3.06. The molecular formula is C20H26N2O4S. The molecule has 27 heavy (non-hydrogen) atoms. The molecule has 0 aliphatic carbocycles. The van der Waals surface area contributed by atoms with Crippen molar-refractivity contribution < 1.29 is 17.6 Å². The molecule has 6 nitrogen and oxygen atoms in total. The van der Waals surface area contributed by atoms with Gasteiger partial charge in [0.05, 0.1) is 23.5 Å². The fraction of sp³-hybridized carbons (Fsp3) is 0.450. The van der Waals surface area contributed by atoms with Gasteiger partial charge in [-0.1, -0.05) is 30.3 Å². The lowest BCUT2D eigenvalue weighted by Gasteiger charge is -2.40. The van der Waals surface area contributed by atoms with E-state index in [0.717, 1.165) is 5.56 Å². The van der Waals surface area contributed by atoms with Crippen LogP contribution in [0, 0.1) is 0 Å². The quantitative estimate of drug-likeness (QED) is 0.823. The number of nitrogens with zero attached hydrogens (tertiary/aromatic N) is 1. The fourth-order valence-corrected chi connectivity index (χ4v) is 4.78. The lowest BCUT2D eigenvalue weighted by atomic mass is 9.72. The van der Waals surface area contributed by atoms with Gasteiger partial charge in [0.1, 0.15) is 5.76 Å². The van der Waals surface area contributed by atoms with E-state index in [2.05, 4.69) is 5.32 Å². The maximum absolute atomic E-state index is 13.3. The van der Waals surface area contributed by atoms with Crippen molar-refractivity contribution in [1.82, 2.24) is 9.62 Å². The Morgan fingerprint density at radius 3 is 2.41 bits per heavy atom. The number of benzene rings is 1. The van der Waals surface area contributed by atoms with Gasteiger partial charge in [-0.15, -0.1) is 0 Å². The second-order valence-electron chi connectivity index (χ2n) is 6.96. The van der Waals surface area contributed by atoms with Crippen LogP contribution in [0.25, 0.3) is 0 Å². The minimum Gasteiger partial charge on any atom is -0.467 e. The zero-order valence-corrected chi connectivity index (χ0v) is 16.5. The largest absolute Gasteiger partial charge is 0.467 e. The summed E-state index contributed by atoms with van der Waals surface area (Å²) < 4.78 is 31.3. The minimum atomic E-state index is -3.25. The van der Waals surface area contributed by atoms with Crippen LogP contribution in [0.2, 0.25) is 0 Å². The van der Waals surface area contributed by atoms with Gasteiger partial charge in [-0.2, -0.15) is 0 Å². The van der Waals surface area contributed by atoms with Gasteiger partial charge in [0, 0.05) is 13.1 Å². The Balaban J connectivity index is 1.85. The Morgan fingerprint density at radius 1 is 1.19 bits per heavy atom. The predicted molar refractivity (Wildman–Crippen MR) is 104 cm³/mol. The molecule has 2 heterocycles. The molecule has 1 aliphatic heterocycles. The van der Waals surface area contributed by atoms with Gasteiger partial charge < -0.3 is 9.73 Å². The van der Waals surface area contributed by atoms with Crippen LogP contribution < -0.4 is 5.32 Å². The number of hydrogen-bond acceptors (Lipinski definition) is 4. The molecule has 146 valence electrons. The van der Waals surface area contributed by atoms with Crippen LogP contribution >= 0.6 is 0 Å². The monoisotopic (exact) mass is 390 g/mol. The average molecular weight is 391 g/mol. The smallest absolute Gasteiger partial charge is 0.231 e. The number of furan rings is 1. The molecular weight excluding hydrogens is 364 g/mol. The SMILES string of the molecule is CCS(=O)(=O)N1CCC(C(=O)NC(C)c2ccco2)(c2ccccc2)CC1. The van der Waals surface area contributed by atoms with E-state index in [-0.39, 0.29) is 17.7 Å². The molecule has 0 spiro atoms. The summed E-state index contributed by atoms with van der Waals surface area (Å²) in [4.78, 5) is 13.3. The molecule has 1 saturated heterocycles. The average Bonchev–Trinajstić information content (AvgIpc) is 3.23. The van der Waals surface area contributed by atoms with Crippen molar-refractivity contribution in [3.8, 4) is 0 Å². The molecule has 7 heteroatoms. The summed E-state index contributed by atoms with van der Waals surface area (Å²) in [5.74, 6) is 0.677. The molecule has 0 radical (unpaired) electrons. The number of piperidine rings is 1. The van der Waals surface area contributed by atoms with E-state index in [1.807, 2.05) is 43.3 Å². The Kier molecular flexibility index (Phi) is 5.72. The first-order chi connectivity index (χ1) is 12.9. The van der Waals surface area contributed by atoms with E-state index in [1.165, 1.54) is 4.31 Å². The Bertz CT molecular complexity index is 855. The number of carbonyl (C=O) groups is 1. The predicted octanol–water partition coefficient (Wildman–Crippen LogP) is 2.84. The topological polar surface area (TPSA) is 79.6 Å². The number of carbonyl (C=O) groups excluding carboxylic acids is 1. The van der Waals surface area contributed by atoms with E-state index in [0.29, 0.717) is 31.7 Å². The van der Waals surface area contributed by atoms with Gasteiger partial charge >= 0.3 is 0 Å². The van der Waals surface area contributed by atoms with Gasteiger partial charge in [0.25, 0.3) is 0 Å². The standard InChI is InChI=1S/C20H26N2O4S/c1-3-27(24,25)22-13-11-20(12-14-22,17-8-5-4-6-9-17)19(23)21-16(2)18-10-7-15-26-18/h4-10,15-16H,3,11-14H2,1-2H3,(H,21,23). The van der Waals surface area contributed by atoms with Gasteiger partial charge in [-0.05, 0) is 44.4 Å². The van der Waals surface area contributed by atoms with E-state index in [1.54, 1.807) is 19.3 Å². The second kappa shape index (κ2) is 7.86. The molecule has 1 unspecified atom stereocenters. The van der Waals surface area contributed by atoms with Crippen molar-refractivity contribution >= 4 is 15.9 Å². The number of nitrogens with one attached hydrogen (secondary N) is 1. The third-order valence-electron chi connectivity index (χ3n) is 5.41. The lowest BCUT2D eigenvalue weighted by molar-refractivity contribution is -0.129. The molecule has 3 rings (SSSR count). The summed E-state index contributed by atoms with van der Waals surface area (Å²) >= 11 is 0. The molecule has 0 saturated carbocycles. The Labute approximate surface area is 160 Å². The number of rotatable bonds is 6. The molecule has 1 aromatic carbocycles. The molecule has 1 atom stereocenters. The van der Waals surface area contributed by atoms with Crippen molar-refractivity contribution in [3.63, 3.8) is 0 Å². The Hall–Kier alpha value is -2.12. The first-order valence-corrected chi connectivity index (χ1v) is 10.9. The van der Waals surface area contributed by atoms with Gasteiger partial charge in [0.15, 0.2) is 0 Å². The van der Waals surface area contributed by atoms with Crippen molar-refractivity contribution in [2.45, 2.75) is 38.1 Å². The highest BCUT2D eigenvalue weighted by Gasteiger charge is 2.45.